The maximum Gasteiger partial charge on any atom is 0.118 e. The van der Waals surface area contributed by atoms with E-state index in [0.717, 1.165) is 24.4 Å². The molecule has 0 saturated carbocycles. The molecule has 1 heterocycles. The van der Waals surface area contributed by atoms with Crippen molar-refractivity contribution in [1.82, 2.24) is 4.90 Å². The van der Waals surface area contributed by atoms with Crippen LogP contribution in [-0.2, 0) is 0 Å². The summed E-state index contributed by atoms with van der Waals surface area (Å²) < 4.78 is 5.20. The van der Waals surface area contributed by atoms with Gasteiger partial charge in [-0.3, -0.25) is 4.90 Å². The average molecular weight is 305 g/mol. The van der Waals surface area contributed by atoms with Gasteiger partial charge >= 0.3 is 0 Å². The Kier molecular flexibility index (Phi) is 5.34. The summed E-state index contributed by atoms with van der Waals surface area (Å²) >= 11 is 0. The van der Waals surface area contributed by atoms with E-state index in [1.165, 1.54) is 24.8 Å². The number of likely N-dealkylation sites (tertiary alicyclic amines) is 1. The van der Waals surface area contributed by atoms with Crippen molar-refractivity contribution in [2.24, 2.45) is 0 Å². The molecule has 1 aliphatic heterocycles. The molecule has 0 amide bonds. The zero-order chi connectivity index (χ0) is 15.9. The molecule has 1 fully saturated rings. The fourth-order valence-electron chi connectivity index (χ4n) is 3.02. The van der Waals surface area contributed by atoms with Gasteiger partial charge in [0.1, 0.15) is 5.75 Å². The average Bonchev–Trinajstić information content (AvgIpc) is 2.64. The van der Waals surface area contributed by atoms with Crippen molar-refractivity contribution in [2.75, 3.05) is 20.2 Å². The highest BCUT2D eigenvalue weighted by Gasteiger charge is 2.20. The second kappa shape index (κ2) is 7.85. The number of hydrogen-bond donors (Lipinski definition) is 0. The Bertz CT molecular complexity index is 660. The molecule has 1 aliphatic rings. The molecule has 1 saturated heterocycles. The molecule has 2 aromatic carbocycles. The van der Waals surface area contributed by atoms with E-state index in [9.17, 15) is 0 Å². The Balaban J connectivity index is 1.85. The van der Waals surface area contributed by atoms with Gasteiger partial charge < -0.3 is 4.74 Å². The Hall–Kier alpha value is -2.24. The molecule has 118 valence electrons. The smallest absolute Gasteiger partial charge is 0.118 e. The van der Waals surface area contributed by atoms with Gasteiger partial charge in [-0.15, -0.1) is 0 Å². The highest BCUT2D eigenvalue weighted by Crippen LogP contribution is 2.24. The zero-order valence-corrected chi connectivity index (χ0v) is 13.7. The lowest BCUT2D eigenvalue weighted by Gasteiger charge is -2.31. The normalized spacial score (nSPS) is 16.2. The van der Waals surface area contributed by atoms with Crippen LogP contribution in [0.4, 0.5) is 0 Å². The highest BCUT2D eigenvalue weighted by molar-refractivity contribution is 5.40. The van der Waals surface area contributed by atoms with Gasteiger partial charge in [0.25, 0.3) is 0 Å². The number of nitrogens with zero attached hydrogens (tertiary/aromatic N) is 1. The summed E-state index contributed by atoms with van der Waals surface area (Å²) in [7, 11) is 1.68. The molecule has 2 nitrogen and oxygen atoms in total. The number of ether oxygens (including phenoxy) is 1. The van der Waals surface area contributed by atoms with Crippen molar-refractivity contribution in [1.29, 1.82) is 0 Å². The van der Waals surface area contributed by atoms with E-state index in [4.69, 9.17) is 4.74 Å². The van der Waals surface area contributed by atoms with E-state index >= 15 is 0 Å². The summed E-state index contributed by atoms with van der Waals surface area (Å²) in [4.78, 5) is 2.51. The Labute approximate surface area is 139 Å². The molecular weight excluding hydrogens is 282 g/mol. The van der Waals surface area contributed by atoms with Gasteiger partial charge in [-0.1, -0.05) is 48.6 Å². The summed E-state index contributed by atoms with van der Waals surface area (Å²) in [6.45, 7) is 2.27. The first-order valence-corrected chi connectivity index (χ1v) is 8.31. The topological polar surface area (TPSA) is 12.5 Å². The molecule has 1 unspecified atom stereocenters. The third-order valence-electron chi connectivity index (χ3n) is 4.31. The van der Waals surface area contributed by atoms with Crippen molar-refractivity contribution in [3.05, 3.63) is 65.7 Å². The predicted octanol–water partition coefficient (Wildman–Crippen LogP) is 4.27. The third kappa shape index (κ3) is 4.15. The van der Waals surface area contributed by atoms with Crippen molar-refractivity contribution in [2.45, 2.75) is 25.3 Å². The minimum atomic E-state index is 0.179. The van der Waals surface area contributed by atoms with Crippen LogP contribution in [0, 0.1) is 11.8 Å². The van der Waals surface area contributed by atoms with Crippen LogP contribution in [0.1, 0.15) is 36.4 Å². The fraction of sp³-hybridized carbons (Fsp3) is 0.333. The molecule has 0 aromatic heterocycles. The maximum atomic E-state index is 5.20. The lowest BCUT2D eigenvalue weighted by molar-refractivity contribution is 0.197. The lowest BCUT2D eigenvalue weighted by atomic mass is 10.0. The summed E-state index contributed by atoms with van der Waals surface area (Å²) in [5.41, 5.74) is 2.32. The number of benzene rings is 2. The lowest BCUT2D eigenvalue weighted by Crippen LogP contribution is -2.33. The summed E-state index contributed by atoms with van der Waals surface area (Å²) in [6, 6.07) is 18.8. The minimum absolute atomic E-state index is 0.179. The van der Waals surface area contributed by atoms with Crippen molar-refractivity contribution >= 4 is 0 Å². The van der Waals surface area contributed by atoms with Gasteiger partial charge in [-0.2, -0.15) is 0 Å². The highest BCUT2D eigenvalue weighted by atomic mass is 16.5. The molecule has 0 spiro atoms. The summed E-state index contributed by atoms with van der Waals surface area (Å²) in [6.07, 6.45) is 3.88. The minimum Gasteiger partial charge on any atom is -0.497 e. The predicted molar refractivity (Wildman–Crippen MR) is 94.5 cm³/mol. The van der Waals surface area contributed by atoms with Crippen molar-refractivity contribution in [3.63, 3.8) is 0 Å². The molecular formula is C21H23NO. The standard InChI is InChI=1S/C21H23NO/c1-23-20-13-10-18(11-14-20)12-15-21(19-8-4-2-5-9-19)22-16-6-3-7-17-22/h2,4-5,8-11,13-14,21H,3,6-7,16-17H2,1H3. The number of methoxy groups -OCH3 is 1. The van der Waals surface area contributed by atoms with E-state index in [-0.39, 0.29) is 6.04 Å². The van der Waals surface area contributed by atoms with Crippen LogP contribution in [0.25, 0.3) is 0 Å². The SMILES string of the molecule is COc1ccc(C#CC(c2ccccc2)N2CCCCC2)cc1. The first kappa shape index (κ1) is 15.6. The summed E-state index contributed by atoms with van der Waals surface area (Å²) in [5, 5.41) is 0. The molecule has 0 aliphatic carbocycles. The zero-order valence-electron chi connectivity index (χ0n) is 13.7. The second-order valence-electron chi connectivity index (χ2n) is 5.91. The fourth-order valence-corrected chi connectivity index (χ4v) is 3.02. The van der Waals surface area contributed by atoms with Gasteiger partial charge in [0.2, 0.25) is 0 Å². The van der Waals surface area contributed by atoms with Crippen LogP contribution in [0.15, 0.2) is 54.6 Å². The quantitative estimate of drug-likeness (QED) is 0.785. The van der Waals surface area contributed by atoms with Gasteiger partial charge in [0.15, 0.2) is 0 Å². The molecule has 0 N–H and O–H groups in total. The first-order chi connectivity index (χ1) is 11.4. The molecule has 0 radical (unpaired) electrons. The summed E-state index contributed by atoms with van der Waals surface area (Å²) in [5.74, 6) is 7.71. The van der Waals surface area contributed by atoms with Crippen LogP contribution in [0.2, 0.25) is 0 Å². The van der Waals surface area contributed by atoms with Crippen molar-refractivity contribution in [3.8, 4) is 17.6 Å². The van der Waals surface area contributed by atoms with E-state index < -0.39 is 0 Å². The van der Waals surface area contributed by atoms with Gasteiger partial charge in [0.05, 0.1) is 13.2 Å². The monoisotopic (exact) mass is 305 g/mol. The Morgan fingerprint density at radius 3 is 2.26 bits per heavy atom. The molecule has 23 heavy (non-hydrogen) atoms. The van der Waals surface area contributed by atoms with Crippen molar-refractivity contribution < 1.29 is 4.74 Å². The van der Waals surface area contributed by atoms with E-state index in [1.807, 2.05) is 24.3 Å². The van der Waals surface area contributed by atoms with Gasteiger partial charge in [0, 0.05) is 5.56 Å². The van der Waals surface area contributed by atoms with E-state index in [1.54, 1.807) is 7.11 Å². The number of piperidine rings is 1. The molecule has 3 rings (SSSR count). The van der Waals surface area contributed by atoms with Crippen LogP contribution < -0.4 is 4.74 Å². The largest absolute Gasteiger partial charge is 0.497 e. The third-order valence-corrected chi connectivity index (χ3v) is 4.31. The Morgan fingerprint density at radius 2 is 1.61 bits per heavy atom. The number of rotatable bonds is 3. The second-order valence-corrected chi connectivity index (χ2v) is 5.91. The number of hydrogen-bond acceptors (Lipinski definition) is 2. The van der Waals surface area contributed by atoms with Crippen LogP contribution in [0.3, 0.4) is 0 Å². The molecule has 2 aromatic rings. The van der Waals surface area contributed by atoms with E-state index in [2.05, 4.69) is 47.1 Å². The Morgan fingerprint density at radius 1 is 0.913 bits per heavy atom. The van der Waals surface area contributed by atoms with Gasteiger partial charge in [-0.25, -0.2) is 0 Å². The first-order valence-electron chi connectivity index (χ1n) is 8.31. The molecule has 0 bridgehead atoms. The molecule has 2 heteroatoms. The van der Waals surface area contributed by atoms with Crippen LogP contribution in [0.5, 0.6) is 5.75 Å². The molecule has 1 atom stereocenters. The maximum absolute atomic E-state index is 5.20. The van der Waals surface area contributed by atoms with Gasteiger partial charge in [-0.05, 0) is 55.8 Å². The van der Waals surface area contributed by atoms with Crippen LogP contribution >= 0.6 is 0 Å². The van der Waals surface area contributed by atoms with E-state index in [0.29, 0.717) is 0 Å². The van der Waals surface area contributed by atoms with Crippen LogP contribution in [-0.4, -0.2) is 25.1 Å².